The molecule has 0 bridgehead atoms. The van der Waals surface area contributed by atoms with Crippen LogP contribution in [0.4, 0.5) is 0 Å². The van der Waals surface area contributed by atoms with Crippen molar-refractivity contribution in [2.24, 2.45) is 0 Å². The summed E-state index contributed by atoms with van der Waals surface area (Å²) < 4.78 is 38.3. The van der Waals surface area contributed by atoms with Gasteiger partial charge in [0.25, 0.3) is 0 Å². The highest BCUT2D eigenvalue weighted by atomic mass is 35.5. The van der Waals surface area contributed by atoms with Gasteiger partial charge >= 0.3 is 0 Å². The summed E-state index contributed by atoms with van der Waals surface area (Å²) in [6.45, 7) is 0.350. The number of para-hydroxylation sites is 1. The monoisotopic (exact) mass is 403 g/mol. The average molecular weight is 404 g/mol. The van der Waals surface area contributed by atoms with Gasteiger partial charge in [-0.25, -0.2) is 13.1 Å². The Bertz CT molecular complexity index is 959. The first-order chi connectivity index (χ1) is 13.0. The normalized spacial score (nSPS) is 11.1. The second-order valence-electron chi connectivity index (χ2n) is 5.59. The molecule has 0 heterocycles. The van der Waals surface area contributed by atoms with Gasteiger partial charge in [-0.05, 0) is 60.7 Å². The van der Waals surface area contributed by atoms with Crippen LogP contribution >= 0.6 is 11.6 Å². The summed E-state index contributed by atoms with van der Waals surface area (Å²) in [6, 6.07) is 22.4. The number of ether oxygens (including phenoxy) is 2. The van der Waals surface area contributed by atoms with Crippen molar-refractivity contribution in [3.63, 3.8) is 0 Å². The predicted octanol–water partition coefficient (Wildman–Crippen LogP) is 4.49. The molecule has 0 saturated heterocycles. The van der Waals surface area contributed by atoms with Gasteiger partial charge in [0.2, 0.25) is 10.0 Å². The first kappa shape index (κ1) is 19.2. The van der Waals surface area contributed by atoms with E-state index in [1.807, 2.05) is 30.3 Å². The standard InChI is InChI=1S/C20H18ClNO4S/c21-16-6-8-17(9-7-16)25-15-14-22-27(23,24)20-12-10-19(11-13-20)26-18-4-2-1-3-5-18/h1-13,22H,14-15H2. The van der Waals surface area contributed by atoms with Gasteiger partial charge in [-0.2, -0.15) is 0 Å². The fourth-order valence-corrected chi connectivity index (χ4v) is 3.41. The van der Waals surface area contributed by atoms with Crippen molar-refractivity contribution in [3.8, 4) is 17.2 Å². The first-order valence-electron chi connectivity index (χ1n) is 8.24. The van der Waals surface area contributed by atoms with Gasteiger partial charge in [-0.3, -0.25) is 0 Å². The second-order valence-corrected chi connectivity index (χ2v) is 7.79. The van der Waals surface area contributed by atoms with Crippen molar-refractivity contribution in [3.05, 3.63) is 83.9 Å². The Morgan fingerprint density at radius 2 is 1.37 bits per heavy atom. The largest absolute Gasteiger partial charge is 0.492 e. The van der Waals surface area contributed by atoms with E-state index in [4.69, 9.17) is 21.1 Å². The Morgan fingerprint density at radius 1 is 0.778 bits per heavy atom. The van der Waals surface area contributed by atoms with Crippen molar-refractivity contribution in [1.82, 2.24) is 4.72 Å². The van der Waals surface area contributed by atoms with Crippen LogP contribution in [0.1, 0.15) is 0 Å². The number of hydrogen-bond donors (Lipinski definition) is 1. The lowest BCUT2D eigenvalue weighted by molar-refractivity contribution is 0.323. The molecule has 3 aromatic rings. The molecule has 0 aliphatic carbocycles. The fourth-order valence-electron chi connectivity index (χ4n) is 2.27. The summed E-state index contributed by atoms with van der Waals surface area (Å²) in [7, 11) is -3.62. The lowest BCUT2D eigenvalue weighted by Gasteiger charge is -2.10. The Balaban J connectivity index is 1.52. The van der Waals surface area contributed by atoms with Gasteiger partial charge in [-0.1, -0.05) is 29.8 Å². The van der Waals surface area contributed by atoms with Crippen LogP contribution in [0.25, 0.3) is 0 Å². The Morgan fingerprint density at radius 3 is 2.04 bits per heavy atom. The number of rotatable bonds is 8. The molecule has 0 fully saturated rings. The molecule has 1 N–H and O–H groups in total. The molecule has 0 atom stereocenters. The third kappa shape index (κ3) is 5.72. The molecule has 0 aliphatic heterocycles. The summed E-state index contributed by atoms with van der Waals surface area (Å²) in [4.78, 5) is 0.161. The van der Waals surface area contributed by atoms with Gasteiger partial charge in [0, 0.05) is 11.6 Å². The highest BCUT2D eigenvalue weighted by molar-refractivity contribution is 7.89. The molecule has 3 aromatic carbocycles. The van der Waals surface area contributed by atoms with Crippen LogP contribution in [-0.4, -0.2) is 21.6 Å². The SMILES string of the molecule is O=S(=O)(NCCOc1ccc(Cl)cc1)c1ccc(Oc2ccccc2)cc1. The van der Waals surface area contributed by atoms with Crippen molar-refractivity contribution in [2.75, 3.05) is 13.2 Å². The number of hydrogen-bond acceptors (Lipinski definition) is 4. The molecule has 27 heavy (non-hydrogen) atoms. The minimum Gasteiger partial charge on any atom is -0.492 e. The third-order valence-electron chi connectivity index (χ3n) is 3.59. The molecule has 0 aliphatic rings. The molecule has 0 saturated carbocycles. The first-order valence-corrected chi connectivity index (χ1v) is 10.1. The van der Waals surface area contributed by atoms with Crippen molar-refractivity contribution < 1.29 is 17.9 Å². The maximum absolute atomic E-state index is 12.3. The summed E-state index contributed by atoms with van der Waals surface area (Å²) in [6.07, 6.45) is 0. The summed E-state index contributed by atoms with van der Waals surface area (Å²) in [5.41, 5.74) is 0. The van der Waals surface area contributed by atoms with Crippen molar-refractivity contribution in [2.45, 2.75) is 4.90 Å². The van der Waals surface area contributed by atoms with Gasteiger partial charge in [0.15, 0.2) is 0 Å². The zero-order chi connectivity index (χ0) is 19.1. The van der Waals surface area contributed by atoms with E-state index in [9.17, 15) is 8.42 Å². The molecule has 7 heteroatoms. The van der Waals surface area contributed by atoms with E-state index in [1.165, 1.54) is 12.1 Å². The van der Waals surface area contributed by atoms with Crippen molar-refractivity contribution >= 4 is 21.6 Å². The van der Waals surface area contributed by atoms with Crippen LogP contribution in [0.5, 0.6) is 17.2 Å². The molecular formula is C20H18ClNO4S. The average Bonchev–Trinajstić information content (AvgIpc) is 2.68. The molecule has 3 rings (SSSR count). The lowest BCUT2D eigenvalue weighted by atomic mass is 10.3. The third-order valence-corrected chi connectivity index (χ3v) is 5.32. The fraction of sp³-hybridized carbons (Fsp3) is 0.100. The van der Waals surface area contributed by atoms with Crippen LogP contribution < -0.4 is 14.2 Å². The number of sulfonamides is 1. The quantitative estimate of drug-likeness (QED) is 0.563. The second kappa shape index (κ2) is 8.90. The molecule has 0 radical (unpaired) electrons. The lowest BCUT2D eigenvalue weighted by Crippen LogP contribution is -2.28. The molecule has 5 nitrogen and oxygen atoms in total. The molecule has 140 valence electrons. The van der Waals surface area contributed by atoms with Crippen molar-refractivity contribution in [1.29, 1.82) is 0 Å². The highest BCUT2D eigenvalue weighted by Gasteiger charge is 2.13. The van der Waals surface area contributed by atoms with Crippen LogP contribution in [-0.2, 0) is 10.0 Å². The smallest absolute Gasteiger partial charge is 0.240 e. The van der Waals surface area contributed by atoms with Gasteiger partial charge in [0.05, 0.1) is 4.90 Å². The zero-order valence-electron chi connectivity index (χ0n) is 14.3. The molecular weight excluding hydrogens is 386 g/mol. The van der Waals surface area contributed by atoms with Crippen LogP contribution in [0, 0.1) is 0 Å². The molecule has 0 unspecified atom stereocenters. The molecule has 0 amide bonds. The Kier molecular flexibility index (Phi) is 6.34. The van der Waals surface area contributed by atoms with Crippen LogP contribution in [0.15, 0.2) is 83.8 Å². The van der Waals surface area contributed by atoms with Gasteiger partial charge in [0.1, 0.15) is 23.9 Å². The number of nitrogens with one attached hydrogen (secondary N) is 1. The van der Waals surface area contributed by atoms with Gasteiger partial charge < -0.3 is 9.47 Å². The number of benzene rings is 3. The Labute approximate surface area is 163 Å². The minimum absolute atomic E-state index is 0.146. The topological polar surface area (TPSA) is 64.6 Å². The predicted molar refractivity (Wildman–Crippen MR) is 105 cm³/mol. The van der Waals surface area contributed by atoms with E-state index >= 15 is 0 Å². The maximum Gasteiger partial charge on any atom is 0.240 e. The Hall–Kier alpha value is -2.54. The van der Waals surface area contributed by atoms with E-state index < -0.39 is 10.0 Å². The molecule has 0 spiro atoms. The summed E-state index contributed by atoms with van der Waals surface area (Å²) in [5, 5.41) is 0.614. The van der Waals surface area contributed by atoms with Crippen LogP contribution in [0.3, 0.4) is 0 Å². The minimum atomic E-state index is -3.62. The van der Waals surface area contributed by atoms with Gasteiger partial charge in [-0.15, -0.1) is 0 Å². The van der Waals surface area contributed by atoms with E-state index in [-0.39, 0.29) is 18.0 Å². The number of halogens is 1. The van der Waals surface area contributed by atoms with Crippen LogP contribution in [0.2, 0.25) is 5.02 Å². The van der Waals surface area contributed by atoms with E-state index in [2.05, 4.69) is 4.72 Å². The summed E-state index contributed by atoms with van der Waals surface area (Å²) in [5.74, 6) is 1.87. The molecule has 0 aromatic heterocycles. The maximum atomic E-state index is 12.3. The van der Waals surface area contributed by atoms with E-state index in [1.54, 1.807) is 36.4 Å². The van der Waals surface area contributed by atoms with E-state index in [0.717, 1.165) is 0 Å². The highest BCUT2D eigenvalue weighted by Crippen LogP contribution is 2.22. The summed E-state index contributed by atoms with van der Waals surface area (Å²) >= 11 is 5.80. The zero-order valence-corrected chi connectivity index (χ0v) is 15.9. The van der Waals surface area contributed by atoms with E-state index in [0.29, 0.717) is 22.3 Å².